The Morgan fingerprint density at radius 1 is 1.32 bits per heavy atom. The van der Waals surface area contributed by atoms with E-state index in [1.807, 2.05) is 32.0 Å². The van der Waals surface area contributed by atoms with Crippen LogP contribution in [0, 0.1) is 0 Å². The molecule has 1 amide bonds. The molecule has 0 bridgehead atoms. The number of aromatic nitrogens is 1. The van der Waals surface area contributed by atoms with Gasteiger partial charge < -0.3 is 9.42 Å². The molecule has 100 valence electrons. The monoisotopic (exact) mass is 278 g/mol. The van der Waals surface area contributed by atoms with Crippen molar-refractivity contribution >= 4 is 17.5 Å². The highest BCUT2D eigenvalue weighted by Crippen LogP contribution is 2.30. The number of benzene rings is 1. The average Bonchev–Trinajstić information content (AvgIpc) is 2.89. The number of hydrogen-bond acceptors (Lipinski definition) is 3. The Morgan fingerprint density at radius 2 is 2.00 bits per heavy atom. The van der Waals surface area contributed by atoms with Crippen LogP contribution < -0.4 is 0 Å². The molecule has 4 nitrogen and oxygen atoms in total. The van der Waals surface area contributed by atoms with Gasteiger partial charge in [-0.2, -0.15) is 0 Å². The summed E-state index contributed by atoms with van der Waals surface area (Å²) in [4.78, 5) is 14.1. The Kier molecular flexibility index (Phi) is 4.22. The first-order valence-corrected chi connectivity index (χ1v) is 6.55. The third-order valence-corrected chi connectivity index (χ3v) is 3.30. The second-order valence-electron chi connectivity index (χ2n) is 4.03. The molecule has 0 atom stereocenters. The van der Waals surface area contributed by atoms with Crippen molar-refractivity contribution in [3.05, 3.63) is 41.0 Å². The second-order valence-corrected chi connectivity index (χ2v) is 4.43. The lowest BCUT2D eigenvalue weighted by Crippen LogP contribution is -2.30. The van der Waals surface area contributed by atoms with Crippen molar-refractivity contribution in [1.29, 1.82) is 0 Å². The van der Waals surface area contributed by atoms with E-state index in [1.165, 1.54) is 6.20 Å². The molecule has 0 N–H and O–H groups in total. The molecule has 2 rings (SSSR count). The van der Waals surface area contributed by atoms with Gasteiger partial charge in [0.05, 0.1) is 11.2 Å². The number of amides is 1. The van der Waals surface area contributed by atoms with Crippen LogP contribution in [-0.4, -0.2) is 29.1 Å². The summed E-state index contributed by atoms with van der Waals surface area (Å²) >= 11 is 6.13. The van der Waals surface area contributed by atoms with E-state index in [1.54, 1.807) is 11.0 Å². The Hall–Kier alpha value is -1.81. The van der Waals surface area contributed by atoms with Crippen LogP contribution in [0.1, 0.15) is 24.2 Å². The maximum absolute atomic E-state index is 12.4. The predicted octanol–water partition coefficient (Wildman–Crippen LogP) is 3.48. The second kappa shape index (κ2) is 5.89. The molecule has 1 aromatic carbocycles. The van der Waals surface area contributed by atoms with E-state index in [0.29, 0.717) is 35.0 Å². The lowest BCUT2D eigenvalue weighted by atomic mass is 10.1. The predicted molar refractivity (Wildman–Crippen MR) is 74.2 cm³/mol. The molecule has 2 aromatic rings. The van der Waals surface area contributed by atoms with E-state index in [0.717, 1.165) is 0 Å². The molecule has 0 fully saturated rings. The van der Waals surface area contributed by atoms with Crippen molar-refractivity contribution in [2.75, 3.05) is 13.1 Å². The van der Waals surface area contributed by atoms with Gasteiger partial charge in [0.1, 0.15) is 5.56 Å². The minimum absolute atomic E-state index is 0.0961. The summed E-state index contributed by atoms with van der Waals surface area (Å²) < 4.78 is 5.21. The van der Waals surface area contributed by atoms with Crippen molar-refractivity contribution in [2.24, 2.45) is 0 Å². The molecule has 5 heteroatoms. The first-order valence-electron chi connectivity index (χ1n) is 6.17. The number of carbonyl (C=O) groups excluding carboxylic acids is 1. The molecule has 19 heavy (non-hydrogen) atoms. The summed E-state index contributed by atoms with van der Waals surface area (Å²) in [5.74, 6) is 0.323. The van der Waals surface area contributed by atoms with Gasteiger partial charge >= 0.3 is 0 Å². The summed E-state index contributed by atoms with van der Waals surface area (Å²) in [6, 6.07) is 7.23. The molecule has 0 radical (unpaired) electrons. The van der Waals surface area contributed by atoms with E-state index in [4.69, 9.17) is 16.1 Å². The smallest absolute Gasteiger partial charge is 0.259 e. The Balaban J connectivity index is 2.44. The fourth-order valence-electron chi connectivity index (χ4n) is 1.91. The summed E-state index contributed by atoms with van der Waals surface area (Å²) in [7, 11) is 0. The number of hydrogen-bond donors (Lipinski definition) is 0. The zero-order valence-corrected chi connectivity index (χ0v) is 11.6. The number of carbonyl (C=O) groups is 1. The van der Waals surface area contributed by atoms with Gasteiger partial charge in [-0.15, -0.1) is 0 Å². The van der Waals surface area contributed by atoms with Crippen LogP contribution in [0.25, 0.3) is 11.3 Å². The zero-order chi connectivity index (χ0) is 13.8. The normalized spacial score (nSPS) is 10.5. The van der Waals surface area contributed by atoms with E-state index in [2.05, 4.69) is 5.16 Å². The van der Waals surface area contributed by atoms with Gasteiger partial charge in [-0.05, 0) is 26.0 Å². The van der Waals surface area contributed by atoms with Gasteiger partial charge in [0.15, 0.2) is 5.76 Å². The summed E-state index contributed by atoms with van der Waals surface area (Å²) in [6.45, 7) is 5.15. The molecule has 0 saturated heterocycles. The summed E-state index contributed by atoms with van der Waals surface area (Å²) in [5, 5.41) is 4.27. The molecular weight excluding hydrogens is 264 g/mol. The Bertz CT molecular complexity index is 576. The van der Waals surface area contributed by atoms with Crippen molar-refractivity contribution in [3.63, 3.8) is 0 Å². The van der Waals surface area contributed by atoms with Gasteiger partial charge in [0.2, 0.25) is 0 Å². The molecule has 1 heterocycles. The minimum Gasteiger partial charge on any atom is -0.355 e. The number of rotatable bonds is 4. The van der Waals surface area contributed by atoms with Crippen LogP contribution in [0.3, 0.4) is 0 Å². The standard InChI is InChI=1S/C14H15ClN2O2/c1-3-17(4-2)14(18)11-9-16-19-13(11)10-7-5-6-8-12(10)15/h5-9H,3-4H2,1-2H3. The van der Waals surface area contributed by atoms with Crippen LogP contribution in [0.2, 0.25) is 5.02 Å². The van der Waals surface area contributed by atoms with Crippen LogP contribution >= 0.6 is 11.6 Å². The van der Waals surface area contributed by atoms with E-state index in [-0.39, 0.29) is 5.91 Å². The third-order valence-electron chi connectivity index (χ3n) is 2.97. The molecule has 0 aliphatic rings. The van der Waals surface area contributed by atoms with E-state index < -0.39 is 0 Å². The van der Waals surface area contributed by atoms with Crippen molar-refractivity contribution < 1.29 is 9.32 Å². The molecule has 0 saturated carbocycles. The van der Waals surface area contributed by atoms with Crippen molar-refractivity contribution in [3.8, 4) is 11.3 Å². The van der Waals surface area contributed by atoms with Crippen LogP contribution in [-0.2, 0) is 0 Å². The SMILES string of the molecule is CCN(CC)C(=O)c1cnoc1-c1ccccc1Cl. The number of halogens is 1. The maximum atomic E-state index is 12.4. The maximum Gasteiger partial charge on any atom is 0.259 e. The van der Waals surface area contributed by atoms with E-state index in [9.17, 15) is 4.79 Å². The largest absolute Gasteiger partial charge is 0.355 e. The quantitative estimate of drug-likeness (QED) is 0.860. The zero-order valence-electron chi connectivity index (χ0n) is 10.9. The summed E-state index contributed by atoms with van der Waals surface area (Å²) in [6.07, 6.45) is 1.44. The fourth-order valence-corrected chi connectivity index (χ4v) is 2.13. The van der Waals surface area contributed by atoms with Gasteiger partial charge in [-0.1, -0.05) is 28.9 Å². The molecule has 0 aliphatic carbocycles. The first-order chi connectivity index (χ1) is 9.19. The first kappa shape index (κ1) is 13.6. The highest BCUT2D eigenvalue weighted by atomic mass is 35.5. The molecular formula is C14H15ClN2O2. The highest BCUT2D eigenvalue weighted by molar-refractivity contribution is 6.33. The van der Waals surface area contributed by atoms with Crippen molar-refractivity contribution in [1.82, 2.24) is 10.1 Å². The minimum atomic E-state index is -0.0961. The van der Waals surface area contributed by atoms with E-state index >= 15 is 0 Å². The summed E-state index contributed by atoms with van der Waals surface area (Å²) in [5.41, 5.74) is 1.12. The molecule has 0 unspecified atom stereocenters. The van der Waals surface area contributed by atoms with Crippen LogP contribution in [0.15, 0.2) is 35.0 Å². The Labute approximate surface area is 117 Å². The molecule has 0 spiro atoms. The van der Waals surface area contributed by atoms with Gasteiger partial charge in [0.25, 0.3) is 5.91 Å². The van der Waals surface area contributed by atoms with Crippen molar-refractivity contribution in [2.45, 2.75) is 13.8 Å². The number of nitrogens with zero attached hydrogens (tertiary/aromatic N) is 2. The third kappa shape index (κ3) is 2.63. The molecule has 1 aromatic heterocycles. The lowest BCUT2D eigenvalue weighted by Gasteiger charge is -2.17. The fraction of sp³-hybridized carbons (Fsp3) is 0.286. The Morgan fingerprint density at radius 3 is 2.63 bits per heavy atom. The van der Waals surface area contributed by atoms with Gasteiger partial charge in [-0.3, -0.25) is 4.79 Å². The van der Waals surface area contributed by atoms with Gasteiger partial charge in [0, 0.05) is 18.7 Å². The van der Waals surface area contributed by atoms with Crippen LogP contribution in [0.4, 0.5) is 0 Å². The highest BCUT2D eigenvalue weighted by Gasteiger charge is 2.22. The lowest BCUT2D eigenvalue weighted by molar-refractivity contribution is 0.0773. The van der Waals surface area contributed by atoms with Crippen LogP contribution in [0.5, 0.6) is 0 Å². The molecule has 0 aliphatic heterocycles. The topological polar surface area (TPSA) is 46.3 Å². The van der Waals surface area contributed by atoms with Gasteiger partial charge in [-0.25, -0.2) is 0 Å². The average molecular weight is 279 g/mol.